The van der Waals surface area contributed by atoms with E-state index in [4.69, 9.17) is 0 Å². The Hall–Kier alpha value is -0.580. The van der Waals surface area contributed by atoms with Crippen LogP contribution in [0.25, 0.3) is 0 Å². The fraction of sp³-hybridized carbons (Fsp3) is 0.600. The van der Waals surface area contributed by atoms with Crippen molar-refractivity contribution in [3.63, 3.8) is 0 Å². The Bertz CT molecular complexity index is 435. The molecule has 0 amide bonds. The molecule has 0 aliphatic carbocycles. The van der Waals surface area contributed by atoms with E-state index in [-0.39, 0.29) is 0 Å². The lowest BCUT2D eigenvalue weighted by atomic mass is 10.0. The van der Waals surface area contributed by atoms with Crippen LogP contribution in [-0.4, -0.2) is 50.7 Å². The van der Waals surface area contributed by atoms with Gasteiger partial charge in [-0.2, -0.15) is 0 Å². The first kappa shape index (κ1) is 14.8. The lowest BCUT2D eigenvalue weighted by molar-refractivity contribution is 0.230. The van der Waals surface area contributed by atoms with Crippen LogP contribution in [0.5, 0.6) is 0 Å². The molecule has 3 nitrogen and oxygen atoms in total. The lowest BCUT2D eigenvalue weighted by Gasteiger charge is -2.46. The van der Waals surface area contributed by atoms with Gasteiger partial charge in [-0.25, -0.2) is 0 Å². The molecular weight excluding hydrogens is 302 g/mol. The summed E-state index contributed by atoms with van der Waals surface area (Å²) in [5.74, 6) is 0. The van der Waals surface area contributed by atoms with E-state index < -0.39 is 0 Å². The molecule has 106 valence electrons. The number of piperazine rings is 1. The predicted octanol–water partition coefficient (Wildman–Crippen LogP) is 2.49. The Balaban J connectivity index is 2.32. The minimum Gasteiger partial charge on any atom is -0.362 e. The molecule has 1 N–H and O–H groups in total. The number of benzene rings is 1. The Morgan fingerprint density at radius 3 is 2.74 bits per heavy atom. The van der Waals surface area contributed by atoms with Crippen molar-refractivity contribution >= 4 is 21.6 Å². The number of nitrogens with one attached hydrogen (secondary N) is 1. The molecule has 1 aliphatic rings. The Morgan fingerprint density at radius 2 is 2.11 bits per heavy atom. The highest BCUT2D eigenvalue weighted by molar-refractivity contribution is 9.10. The molecule has 0 aromatic heterocycles. The first-order valence-electron chi connectivity index (χ1n) is 6.90. The van der Waals surface area contributed by atoms with Gasteiger partial charge in [0, 0.05) is 35.8 Å². The number of anilines is 1. The predicted molar refractivity (Wildman–Crippen MR) is 86.0 cm³/mol. The van der Waals surface area contributed by atoms with Gasteiger partial charge < -0.3 is 15.1 Å². The van der Waals surface area contributed by atoms with E-state index in [2.05, 4.69) is 70.1 Å². The van der Waals surface area contributed by atoms with Gasteiger partial charge in [0.2, 0.25) is 0 Å². The van der Waals surface area contributed by atoms with Crippen LogP contribution in [-0.2, 0) is 0 Å². The second-order valence-electron chi connectivity index (χ2n) is 5.62. The molecule has 19 heavy (non-hydrogen) atoms. The second kappa shape index (κ2) is 6.25. The van der Waals surface area contributed by atoms with Crippen molar-refractivity contribution in [3.05, 3.63) is 28.2 Å². The van der Waals surface area contributed by atoms with Crippen LogP contribution in [0.4, 0.5) is 5.69 Å². The summed E-state index contributed by atoms with van der Waals surface area (Å²) in [5.41, 5.74) is 2.70. The van der Waals surface area contributed by atoms with Crippen molar-refractivity contribution in [1.82, 2.24) is 10.2 Å². The number of rotatable bonds is 3. The van der Waals surface area contributed by atoms with Crippen molar-refractivity contribution < 1.29 is 0 Å². The number of aryl methyl sites for hydroxylation is 1. The maximum absolute atomic E-state index is 3.55. The zero-order valence-corrected chi connectivity index (χ0v) is 13.9. The summed E-state index contributed by atoms with van der Waals surface area (Å²) in [6, 6.07) is 7.65. The number of halogens is 1. The fourth-order valence-corrected chi connectivity index (χ4v) is 3.64. The highest BCUT2D eigenvalue weighted by atomic mass is 79.9. The summed E-state index contributed by atoms with van der Waals surface area (Å²) >= 11 is 3.55. The number of likely N-dealkylation sites (N-methyl/N-ethyl adjacent to an activating group) is 2. The third-order valence-corrected chi connectivity index (χ3v) is 4.34. The normalized spacial score (nSPS) is 24.8. The van der Waals surface area contributed by atoms with Crippen molar-refractivity contribution in [2.24, 2.45) is 0 Å². The minimum absolute atomic E-state index is 0.527. The second-order valence-corrected chi connectivity index (χ2v) is 6.54. The molecule has 1 fully saturated rings. The third kappa shape index (κ3) is 3.30. The van der Waals surface area contributed by atoms with E-state index in [1.807, 2.05) is 7.05 Å². The van der Waals surface area contributed by atoms with Crippen molar-refractivity contribution in [2.75, 3.05) is 38.6 Å². The Kier molecular flexibility index (Phi) is 4.87. The van der Waals surface area contributed by atoms with Crippen LogP contribution < -0.4 is 10.2 Å². The molecule has 1 aromatic carbocycles. The highest BCUT2D eigenvalue weighted by Crippen LogP contribution is 2.29. The van der Waals surface area contributed by atoms with Gasteiger partial charge in [-0.05, 0) is 51.7 Å². The summed E-state index contributed by atoms with van der Waals surface area (Å²) in [7, 11) is 4.25. The molecule has 2 atom stereocenters. The molecule has 2 unspecified atom stereocenters. The van der Waals surface area contributed by atoms with E-state index in [9.17, 15) is 0 Å². The van der Waals surface area contributed by atoms with E-state index >= 15 is 0 Å². The molecule has 0 spiro atoms. The molecule has 0 bridgehead atoms. The molecule has 0 radical (unpaired) electrons. The van der Waals surface area contributed by atoms with Gasteiger partial charge in [0.25, 0.3) is 0 Å². The molecule has 1 aromatic rings. The van der Waals surface area contributed by atoms with Crippen LogP contribution in [0.15, 0.2) is 22.7 Å². The largest absolute Gasteiger partial charge is 0.362 e. The third-order valence-electron chi connectivity index (χ3n) is 3.84. The Morgan fingerprint density at radius 1 is 1.37 bits per heavy atom. The van der Waals surface area contributed by atoms with Crippen LogP contribution in [0, 0.1) is 6.92 Å². The summed E-state index contributed by atoms with van der Waals surface area (Å²) in [6.07, 6.45) is 0. The van der Waals surface area contributed by atoms with Gasteiger partial charge in [0.05, 0.1) is 6.04 Å². The van der Waals surface area contributed by atoms with Crippen LogP contribution in [0.3, 0.4) is 0 Å². The first-order chi connectivity index (χ1) is 9.02. The molecule has 4 heteroatoms. The molecule has 1 saturated heterocycles. The first-order valence-corrected chi connectivity index (χ1v) is 7.70. The van der Waals surface area contributed by atoms with Gasteiger partial charge in [-0.1, -0.05) is 15.9 Å². The summed E-state index contributed by atoms with van der Waals surface area (Å²) in [6.45, 7) is 7.77. The monoisotopic (exact) mass is 325 g/mol. The Labute approximate surface area is 125 Å². The summed E-state index contributed by atoms with van der Waals surface area (Å²) in [4.78, 5) is 5.01. The molecule has 2 rings (SSSR count). The fourth-order valence-electron chi connectivity index (χ4n) is 3.16. The average molecular weight is 326 g/mol. The average Bonchev–Trinajstić information content (AvgIpc) is 2.31. The van der Waals surface area contributed by atoms with E-state index in [1.165, 1.54) is 11.3 Å². The zero-order chi connectivity index (χ0) is 14.0. The molecular formula is C15H24BrN3. The van der Waals surface area contributed by atoms with Gasteiger partial charge in [0.1, 0.15) is 0 Å². The van der Waals surface area contributed by atoms with Gasteiger partial charge >= 0.3 is 0 Å². The SMILES string of the molecule is CNCC1CN(C)CC(C)N1c1ccc(Br)cc1C. The van der Waals surface area contributed by atoms with E-state index in [1.54, 1.807) is 0 Å². The maximum atomic E-state index is 3.55. The van der Waals surface area contributed by atoms with E-state index in [0.29, 0.717) is 12.1 Å². The maximum Gasteiger partial charge on any atom is 0.0544 e. The highest BCUT2D eigenvalue weighted by Gasteiger charge is 2.30. The zero-order valence-electron chi connectivity index (χ0n) is 12.3. The molecule has 1 heterocycles. The number of hydrogen-bond acceptors (Lipinski definition) is 3. The smallest absolute Gasteiger partial charge is 0.0544 e. The van der Waals surface area contributed by atoms with Crippen LogP contribution >= 0.6 is 15.9 Å². The summed E-state index contributed by atoms with van der Waals surface area (Å²) in [5, 5.41) is 3.33. The quantitative estimate of drug-likeness (QED) is 0.921. The van der Waals surface area contributed by atoms with Gasteiger partial charge in [0.15, 0.2) is 0 Å². The van der Waals surface area contributed by atoms with Crippen LogP contribution in [0.1, 0.15) is 12.5 Å². The van der Waals surface area contributed by atoms with Gasteiger partial charge in [-0.15, -0.1) is 0 Å². The van der Waals surface area contributed by atoms with Crippen molar-refractivity contribution in [1.29, 1.82) is 0 Å². The number of hydrogen-bond donors (Lipinski definition) is 1. The number of nitrogens with zero attached hydrogens (tertiary/aromatic N) is 2. The standard InChI is InChI=1S/C15H24BrN3/c1-11-7-13(16)5-6-15(11)19-12(2)9-18(4)10-14(19)8-17-3/h5-7,12,14,17H,8-10H2,1-4H3. The van der Waals surface area contributed by atoms with Crippen molar-refractivity contribution in [3.8, 4) is 0 Å². The minimum atomic E-state index is 0.527. The van der Waals surface area contributed by atoms with E-state index in [0.717, 1.165) is 24.1 Å². The topological polar surface area (TPSA) is 18.5 Å². The summed E-state index contributed by atoms with van der Waals surface area (Å²) < 4.78 is 1.15. The molecule has 1 aliphatic heterocycles. The lowest BCUT2D eigenvalue weighted by Crippen LogP contribution is -2.59. The van der Waals surface area contributed by atoms with Crippen molar-refractivity contribution in [2.45, 2.75) is 25.9 Å². The van der Waals surface area contributed by atoms with Gasteiger partial charge in [-0.3, -0.25) is 0 Å². The van der Waals surface area contributed by atoms with Crippen LogP contribution in [0.2, 0.25) is 0 Å². The molecule has 0 saturated carbocycles.